The van der Waals surface area contributed by atoms with E-state index in [2.05, 4.69) is 5.92 Å². The van der Waals surface area contributed by atoms with Gasteiger partial charge in [0.1, 0.15) is 5.75 Å². The first-order valence-corrected chi connectivity index (χ1v) is 3.32. The van der Waals surface area contributed by atoms with Gasteiger partial charge in [0.15, 0.2) is 11.5 Å². The molecule has 3 N–H and O–H groups in total. The standard InChI is InChI=1S/C9H8O3/c1-2-3-6-4-8(11)9(12)5-7(6)10/h1,4-5,10-12H,3H2. The molecule has 0 aliphatic rings. The predicted octanol–water partition coefficient (Wildman–Crippen LogP) is 0.979. The molecule has 3 heteroatoms. The van der Waals surface area contributed by atoms with Gasteiger partial charge in [-0.05, 0) is 6.07 Å². The maximum atomic E-state index is 9.18. The van der Waals surface area contributed by atoms with Gasteiger partial charge in [-0.2, -0.15) is 0 Å². The van der Waals surface area contributed by atoms with E-state index in [-0.39, 0.29) is 23.7 Å². The van der Waals surface area contributed by atoms with Crippen molar-refractivity contribution in [1.82, 2.24) is 0 Å². The molecule has 0 bridgehead atoms. The lowest BCUT2D eigenvalue weighted by Crippen LogP contribution is -1.82. The molecular weight excluding hydrogens is 156 g/mol. The summed E-state index contributed by atoms with van der Waals surface area (Å²) in [6.07, 6.45) is 5.23. The largest absolute Gasteiger partial charge is 0.507 e. The minimum atomic E-state index is -0.353. The lowest BCUT2D eigenvalue weighted by atomic mass is 10.1. The SMILES string of the molecule is C#CCc1cc(O)c(O)cc1O. The third-order valence-electron chi connectivity index (χ3n) is 1.47. The highest BCUT2D eigenvalue weighted by atomic mass is 16.3. The minimum Gasteiger partial charge on any atom is -0.507 e. The maximum absolute atomic E-state index is 9.18. The smallest absolute Gasteiger partial charge is 0.161 e. The zero-order valence-corrected chi connectivity index (χ0v) is 6.28. The first kappa shape index (κ1) is 8.28. The molecule has 3 nitrogen and oxygen atoms in total. The van der Waals surface area contributed by atoms with Gasteiger partial charge in [0.05, 0.1) is 0 Å². The van der Waals surface area contributed by atoms with Crippen LogP contribution in [0.5, 0.6) is 17.2 Å². The van der Waals surface area contributed by atoms with Crippen LogP contribution in [0.15, 0.2) is 12.1 Å². The van der Waals surface area contributed by atoms with Crippen molar-refractivity contribution in [3.8, 4) is 29.6 Å². The van der Waals surface area contributed by atoms with Crippen LogP contribution in [0.25, 0.3) is 0 Å². The molecule has 0 fully saturated rings. The van der Waals surface area contributed by atoms with Gasteiger partial charge in [0.2, 0.25) is 0 Å². The predicted molar refractivity (Wildman–Crippen MR) is 44.0 cm³/mol. The summed E-state index contributed by atoms with van der Waals surface area (Å²) < 4.78 is 0. The van der Waals surface area contributed by atoms with Crippen LogP contribution in [0.3, 0.4) is 0 Å². The van der Waals surface area contributed by atoms with Gasteiger partial charge in [-0.25, -0.2) is 0 Å². The molecule has 0 aliphatic heterocycles. The van der Waals surface area contributed by atoms with E-state index in [4.69, 9.17) is 16.6 Å². The summed E-state index contributed by atoms with van der Waals surface area (Å²) in [4.78, 5) is 0. The molecule has 0 saturated heterocycles. The van der Waals surface area contributed by atoms with E-state index >= 15 is 0 Å². The van der Waals surface area contributed by atoms with E-state index in [1.807, 2.05) is 0 Å². The van der Waals surface area contributed by atoms with Crippen LogP contribution in [-0.4, -0.2) is 15.3 Å². The Kier molecular flexibility index (Phi) is 2.11. The number of rotatable bonds is 1. The topological polar surface area (TPSA) is 60.7 Å². The van der Waals surface area contributed by atoms with Crippen molar-refractivity contribution in [2.75, 3.05) is 0 Å². The van der Waals surface area contributed by atoms with Crippen molar-refractivity contribution in [1.29, 1.82) is 0 Å². The summed E-state index contributed by atoms with van der Waals surface area (Å²) in [6, 6.07) is 2.30. The Morgan fingerprint density at radius 1 is 1.08 bits per heavy atom. The van der Waals surface area contributed by atoms with E-state index in [1.165, 1.54) is 6.07 Å². The summed E-state index contributed by atoms with van der Waals surface area (Å²) in [5, 5.41) is 27.1. The van der Waals surface area contributed by atoms with Crippen LogP contribution >= 0.6 is 0 Å². The van der Waals surface area contributed by atoms with Crippen LogP contribution < -0.4 is 0 Å². The molecule has 0 spiro atoms. The highest BCUT2D eigenvalue weighted by Crippen LogP contribution is 2.32. The Balaban J connectivity index is 3.16. The molecule has 1 aromatic rings. The minimum absolute atomic E-state index is 0.108. The molecule has 0 aliphatic carbocycles. The van der Waals surface area contributed by atoms with E-state index in [1.54, 1.807) is 0 Å². The van der Waals surface area contributed by atoms with Crippen LogP contribution in [0.2, 0.25) is 0 Å². The Labute approximate surface area is 69.9 Å². The summed E-state index contributed by atoms with van der Waals surface area (Å²) in [7, 11) is 0. The molecule has 0 radical (unpaired) electrons. The number of benzene rings is 1. The number of hydrogen-bond donors (Lipinski definition) is 3. The fourth-order valence-corrected chi connectivity index (χ4v) is 0.861. The Bertz CT molecular complexity index is 336. The average molecular weight is 164 g/mol. The van der Waals surface area contributed by atoms with Crippen LogP contribution in [0, 0.1) is 12.3 Å². The molecule has 0 heterocycles. The fourth-order valence-electron chi connectivity index (χ4n) is 0.861. The highest BCUT2D eigenvalue weighted by Gasteiger charge is 2.05. The van der Waals surface area contributed by atoms with Gasteiger partial charge in [0.25, 0.3) is 0 Å². The Morgan fingerprint density at radius 3 is 2.25 bits per heavy atom. The molecule has 0 unspecified atom stereocenters. The maximum Gasteiger partial charge on any atom is 0.161 e. The fraction of sp³-hybridized carbons (Fsp3) is 0.111. The normalized spacial score (nSPS) is 9.25. The molecule has 12 heavy (non-hydrogen) atoms. The van der Waals surface area contributed by atoms with E-state index < -0.39 is 0 Å². The highest BCUT2D eigenvalue weighted by molar-refractivity contribution is 5.49. The lowest BCUT2D eigenvalue weighted by molar-refractivity contribution is 0.395. The number of terminal acetylenes is 1. The summed E-state index contributed by atoms with van der Waals surface area (Å²) >= 11 is 0. The van der Waals surface area contributed by atoms with Crippen molar-refractivity contribution >= 4 is 0 Å². The Hall–Kier alpha value is -1.82. The van der Waals surface area contributed by atoms with Gasteiger partial charge in [0, 0.05) is 18.1 Å². The van der Waals surface area contributed by atoms with Gasteiger partial charge >= 0.3 is 0 Å². The molecule has 1 aromatic carbocycles. The molecular formula is C9H8O3. The monoisotopic (exact) mass is 164 g/mol. The quantitative estimate of drug-likeness (QED) is 0.329. The first-order valence-electron chi connectivity index (χ1n) is 3.32. The second kappa shape index (κ2) is 3.05. The molecule has 0 atom stereocenters. The first-order chi connectivity index (χ1) is 5.65. The van der Waals surface area contributed by atoms with Gasteiger partial charge < -0.3 is 15.3 Å². The van der Waals surface area contributed by atoms with Gasteiger partial charge in [-0.3, -0.25) is 0 Å². The summed E-state index contributed by atoms with van der Waals surface area (Å²) in [5.41, 5.74) is 0.424. The molecule has 0 amide bonds. The van der Waals surface area contributed by atoms with Gasteiger partial charge in [-0.1, -0.05) is 0 Å². The van der Waals surface area contributed by atoms with Crippen LogP contribution in [-0.2, 0) is 6.42 Å². The second-order valence-electron chi connectivity index (χ2n) is 2.35. The molecule has 62 valence electrons. The number of phenols is 3. The molecule has 0 saturated carbocycles. The van der Waals surface area contributed by atoms with Crippen molar-refractivity contribution in [3.05, 3.63) is 17.7 Å². The summed E-state index contributed by atoms with van der Waals surface area (Å²) in [6.45, 7) is 0. The zero-order chi connectivity index (χ0) is 9.14. The molecule has 1 rings (SSSR count). The van der Waals surface area contributed by atoms with Gasteiger partial charge in [-0.15, -0.1) is 12.3 Å². The van der Waals surface area contributed by atoms with Crippen molar-refractivity contribution in [2.24, 2.45) is 0 Å². The second-order valence-corrected chi connectivity index (χ2v) is 2.35. The van der Waals surface area contributed by atoms with Crippen LogP contribution in [0.1, 0.15) is 5.56 Å². The summed E-state index contributed by atoms with van der Waals surface area (Å²) in [5.74, 6) is 1.58. The number of aromatic hydroxyl groups is 3. The zero-order valence-electron chi connectivity index (χ0n) is 6.28. The van der Waals surface area contributed by atoms with Crippen molar-refractivity contribution in [2.45, 2.75) is 6.42 Å². The number of hydrogen-bond acceptors (Lipinski definition) is 3. The van der Waals surface area contributed by atoms with Crippen molar-refractivity contribution in [3.63, 3.8) is 0 Å². The van der Waals surface area contributed by atoms with E-state index in [9.17, 15) is 5.11 Å². The number of phenolic OH excluding ortho intramolecular Hbond substituents is 3. The average Bonchev–Trinajstić information content (AvgIpc) is 2.01. The van der Waals surface area contributed by atoms with E-state index in [0.29, 0.717) is 5.56 Å². The Morgan fingerprint density at radius 2 is 1.67 bits per heavy atom. The third-order valence-corrected chi connectivity index (χ3v) is 1.47. The van der Waals surface area contributed by atoms with Crippen LogP contribution in [0.4, 0.5) is 0 Å². The van der Waals surface area contributed by atoms with E-state index in [0.717, 1.165) is 6.07 Å². The lowest BCUT2D eigenvalue weighted by Gasteiger charge is -2.02. The third kappa shape index (κ3) is 1.43. The van der Waals surface area contributed by atoms with Crippen molar-refractivity contribution < 1.29 is 15.3 Å². The molecule has 0 aromatic heterocycles.